The minimum Gasteiger partial charge on any atom is -0.207 e. The van der Waals surface area contributed by atoms with Gasteiger partial charge in [0.1, 0.15) is 11.6 Å². The van der Waals surface area contributed by atoms with Gasteiger partial charge in [-0.25, -0.2) is 8.78 Å². The predicted molar refractivity (Wildman–Crippen MR) is 162 cm³/mol. The summed E-state index contributed by atoms with van der Waals surface area (Å²) in [7, 11) is 0. The molecule has 0 radical (unpaired) electrons. The standard InChI is InChI=1S/C36H17F5N4/c1-18-2-3-21(12-32(18)37)19-4-7-23-25-14-30-26(15-29(25)34(44-16-42)27(23)10-19)24-8-5-20(11-28(24)35(30)45-17-43)22-6-9-31(33(38)13-22)36(39,40)41/h2-15H,1H3/b44-34+,45-35+. The number of nitrogens with zero attached hydrogens (tertiary/aromatic N) is 4. The lowest BCUT2D eigenvalue weighted by molar-refractivity contribution is -0.139. The van der Waals surface area contributed by atoms with Crippen LogP contribution in [0.25, 0.3) is 65.3 Å². The molecule has 0 N–H and O–H groups in total. The van der Waals surface area contributed by atoms with Crippen molar-refractivity contribution in [3.8, 4) is 34.6 Å². The summed E-state index contributed by atoms with van der Waals surface area (Å²) in [5.41, 5.74) is 1.29. The molecule has 0 saturated carbocycles. The lowest BCUT2D eigenvalue weighted by Gasteiger charge is -2.09. The van der Waals surface area contributed by atoms with Gasteiger partial charge in [0, 0.05) is 21.5 Å². The summed E-state index contributed by atoms with van der Waals surface area (Å²) in [5, 5.41) is 25.6. The van der Waals surface area contributed by atoms with E-state index in [1.54, 1.807) is 31.2 Å². The Labute approximate surface area is 251 Å². The zero-order chi connectivity index (χ0) is 31.6. The zero-order valence-corrected chi connectivity index (χ0v) is 23.3. The fourth-order valence-electron chi connectivity index (χ4n) is 6.07. The highest BCUT2D eigenvalue weighted by molar-refractivity contribution is 6.21. The van der Waals surface area contributed by atoms with Gasteiger partial charge in [0.05, 0.1) is 16.3 Å². The highest BCUT2D eigenvalue weighted by Crippen LogP contribution is 2.37. The summed E-state index contributed by atoms with van der Waals surface area (Å²) >= 11 is 0. The first-order chi connectivity index (χ1) is 21.6. The molecule has 0 aliphatic rings. The second-order valence-corrected chi connectivity index (χ2v) is 10.7. The molecule has 7 aromatic rings. The molecule has 0 aliphatic carbocycles. The molecule has 9 heteroatoms. The van der Waals surface area contributed by atoms with E-state index in [0.29, 0.717) is 60.4 Å². The molecule has 4 nitrogen and oxygen atoms in total. The molecule has 0 amide bonds. The summed E-state index contributed by atoms with van der Waals surface area (Å²) in [5.74, 6) is -1.71. The van der Waals surface area contributed by atoms with Crippen molar-refractivity contribution in [1.29, 1.82) is 10.5 Å². The van der Waals surface area contributed by atoms with Gasteiger partial charge in [0.15, 0.2) is 0 Å². The van der Waals surface area contributed by atoms with Crippen LogP contribution in [-0.2, 0) is 6.18 Å². The van der Waals surface area contributed by atoms with Gasteiger partial charge in [-0.3, -0.25) is 0 Å². The van der Waals surface area contributed by atoms with Crippen LogP contribution in [0.3, 0.4) is 0 Å². The van der Waals surface area contributed by atoms with Crippen molar-refractivity contribution in [1.82, 2.24) is 0 Å². The summed E-state index contributed by atoms with van der Waals surface area (Å²) in [4.78, 5) is 8.24. The van der Waals surface area contributed by atoms with Gasteiger partial charge in [-0.1, -0.05) is 42.5 Å². The third-order valence-electron chi connectivity index (χ3n) is 8.23. The van der Waals surface area contributed by atoms with Crippen LogP contribution in [0, 0.1) is 41.5 Å². The molecule has 0 bridgehead atoms. The lowest BCUT2D eigenvalue weighted by atomic mass is 10.0. The fourth-order valence-corrected chi connectivity index (χ4v) is 6.07. The second-order valence-electron chi connectivity index (χ2n) is 10.7. The molecular weight excluding hydrogens is 583 g/mol. The van der Waals surface area contributed by atoms with E-state index in [0.717, 1.165) is 27.8 Å². The first kappa shape index (κ1) is 27.9. The van der Waals surface area contributed by atoms with E-state index >= 15 is 0 Å². The summed E-state index contributed by atoms with van der Waals surface area (Å²) in [6.07, 6.45) is -1.09. The first-order valence-corrected chi connectivity index (χ1v) is 13.6. The average molecular weight is 601 g/mol. The molecule has 0 atom stereocenters. The Bertz CT molecular complexity index is 2590. The molecule has 0 saturated heterocycles. The predicted octanol–water partition coefficient (Wildman–Crippen LogP) is 8.88. The highest BCUT2D eigenvalue weighted by Gasteiger charge is 2.34. The fraction of sp³-hybridized carbons (Fsp3) is 0.0556. The Hall–Kier alpha value is -5.93. The molecule has 0 spiro atoms. The second kappa shape index (κ2) is 10.1. The van der Waals surface area contributed by atoms with Gasteiger partial charge in [-0.05, 0) is 98.8 Å². The normalized spacial score (nSPS) is 12.9. The van der Waals surface area contributed by atoms with Crippen molar-refractivity contribution in [3.63, 3.8) is 0 Å². The monoisotopic (exact) mass is 600 g/mol. The van der Waals surface area contributed by atoms with Gasteiger partial charge in [0.25, 0.3) is 0 Å². The number of alkyl halides is 3. The van der Waals surface area contributed by atoms with Crippen molar-refractivity contribution in [2.24, 2.45) is 9.98 Å². The van der Waals surface area contributed by atoms with Gasteiger partial charge in [-0.2, -0.15) is 33.7 Å². The Morgan fingerprint density at radius 3 is 1.38 bits per heavy atom. The smallest absolute Gasteiger partial charge is 0.207 e. The van der Waals surface area contributed by atoms with Crippen molar-refractivity contribution in [2.45, 2.75) is 13.1 Å². The molecule has 7 aromatic carbocycles. The van der Waals surface area contributed by atoms with E-state index in [1.807, 2.05) is 48.8 Å². The van der Waals surface area contributed by atoms with Crippen molar-refractivity contribution in [3.05, 3.63) is 118 Å². The van der Waals surface area contributed by atoms with Gasteiger partial charge < -0.3 is 0 Å². The molecule has 45 heavy (non-hydrogen) atoms. The minimum atomic E-state index is -4.82. The van der Waals surface area contributed by atoms with Crippen LogP contribution in [0.4, 0.5) is 22.0 Å². The molecule has 0 heterocycles. The van der Waals surface area contributed by atoms with Crippen LogP contribution < -0.4 is 10.7 Å². The summed E-state index contributed by atoms with van der Waals surface area (Å²) in [6, 6.07) is 22.2. The van der Waals surface area contributed by atoms with Gasteiger partial charge in [-0.15, -0.1) is 0 Å². The van der Waals surface area contributed by atoms with Crippen molar-refractivity contribution < 1.29 is 22.0 Å². The van der Waals surface area contributed by atoms with Crippen LogP contribution >= 0.6 is 0 Å². The van der Waals surface area contributed by atoms with E-state index in [9.17, 15) is 32.5 Å². The number of hydrogen-bond donors (Lipinski definition) is 0. The Kier molecular flexibility index (Phi) is 6.24. The lowest BCUT2D eigenvalue weighted by Crippen LogP contribution is -2.07. The largest absolute Gasteiger partial charge is 0.419 e. The molecule has 7 rings (SSSR count). The summed E-state index contributed by atoms with van der Waals surface area (Å²) < 4.78 is 68.1. The maximum Gasteiger partial charge on any atom is 0.419 e. The number of aryl methyl sites for hydroxylation is 1. The van der Waals surface area contributed by atoms with Crippen LogP contribution in [0.2, 0.25) is 0 Å². The van der Waals surface area contributed by atoms with Crippen molar-refractivity contribution in [2.75, 3.05) is 0 Å². The number of benzene rings is 5. The number of hydrogen-bond acceptors (Lipinski definition) is 4. The highest BCUT2D eigenvalue weighted by atomic mass is 19.4. The number of nitriles is 2. The van der Waals surface area contributed by atoms with E-state index < -0.39 is 17.6 Å². The van der Waals surface area contributed by atoms with Gasteiger partial charge in [0.2, 0.25) is 12.4 Å². The van der Waals surface area contributed by atoms with Crippen LogP contribution in [0.1, 0.15) is 11.1 Å². The molecule has 0 fully saturated rings. The quantitative estimate of drug-likeness (QED) is 0.147. The molecule has 216 valence electrons. The third-order valence-corrected chi connectivity index (χ3v) is 8.23. The van der Waals surface area contributed by atoms with Gasteiger partial charge >= 0.3 is 6.18 Å². The Morgan fingerprint density at radius 2 is 0.933 bits per heavy atom. The molecule has 0 aliphatic heterocycles. The van der Waals surface area contributed by atoms with E-state index in [2.05, 4.69) is 9.98 Å². The van der Waals surface area contributed by atoms with E-state index in [-0.39, 0.29) is 11.4 Å². The Balaban J connectivity index is 1.48. The number of halogens is 5. The number of fused-ring (bicyclic) bond motifs is 6. The van der Waals surface area contributed by atoms with Crippen molar-refractivity contribution >= 4 is 43.1 Å². The minimum absolute atomic E-state index is 0.236. The molecule has 0 unspecified atom stereocenters. The maximum absolute atomic E-state index is 14.4. The Morgan fingerprint density at radius 1 is 0.511 bits per heavy atom. The average Bonchev–Trinajstić information content (AvgIpc) is 3.48. The maximum atomic E-state index is 14.4. The number of rotatable bonds is 2. The third kappa shape index (κ3) is 4.40. The van der Waals surface area contributed by atoms with Crippen LogP contribution in [0.15, 0.2) is 94.9 Å². The topological polar surface area (TPSA) is 72.3 Å². The summed E-state index contributed by atoms with van der Waals surface area (Å²) in [6.45, 7) is 1.69. The zero-order valence-electron chi connectivity index (χ0n) is 23.3. The SMILES string of the molecule is Cc1ccc(-c2ccc3c(c2)/c(=N\C#N)c2cc4c(cc23)/c(=N/C#N)c2cc(-c3ccc(C(F)(F)F)c(F)c3)ccc24)cc1F. The van der Waals surface area contributed by atoms with E-state index in [1.165, 1.54) is 12.1 Å². The van der Waals surface area contributed by atoms with Crippen LogP contribution in [0.5, 0.6) is 0 Å². The molecular formula is C36H17F5N4. The molecule has 0 aromatic heterocycles. The first-order valence-electron chi connectivity index (χ1n) is 13.6. The van der Waals surface area contributed by atoms with Crippen LogP contribution in [-0.4, -0.2) is 0 Å². The van der Waals surface area contributed by atoms with E-state index in [4.69, 9.17) is 0 Å².